The summed E-state index contributed by atoms with van der Waals surface area (Å²) in [7, 11) is 0. The highest BCUT2D eigenvalue weighted by Gasteiger charge is 2.16. The number of aromatic amines is 1. The van der Waals surface area contributed by atoms with Crippen molar-refractivity contribution in [3.05, 3.63) is 83.9 Å². The third-order valence-electron chi connectivity index (χ3n) is 4.77. The fourth-order valence-electron chi connectivity index (χ4n) is 3.25. The van der Waals surface area contributed by atoms with Crippen molar-refractivity contribution >= 4 is 28.3 Å². The molecule has 4 nitrogen and oxygen atoms in total. The fraction of sp³-hybridized carbons (Fsp3) is 0.0870. The Morgan fingerprint density at radius 2 is 1.72 bits per heavy atom. The van der Waals surface area contributed by atoms with E-state index in [1.54, 1.807) is 0 Å². The maximum absolute atomic E-state index is 13.9. The zero-order valence-corrected chi connectivity index (χ0v) is 15.7. The summed E-state index contributed by atoms with van der Waals surface area (Å²) < 4.78 is 27.0. The van der Waals surface area contributed by atoms with Crippen LogP contribution in [0.2, 0.25) is 0 Å². The SMILES string of the molecule is CCc1ccc(-c2[nH]c3ccccc3c2NC(=O)Nc2ccc(F)cc2F)cc1. The predicted molar refractivity (Wildman–Crippen MR) is 112 cm³/mol. The van der Waals surface area contributed by atoms with Gasteiger partial charge in [-0.05, 0) is 30.2 Å². The predicted octanol–water partition coefficient (Wildman–Crippen LogP) is 6.32. The highest BCUT2D eigenvalue weighted by atomic mass is 19.1. The van der Waals surface area contributed by atoms with Gasteiger partial charge >= 0.3 is 6.03 Å². The largest absolute Gasteiger partial charge is 0.353 e. The summed E-state index contributed by atoms with van der Waals surface area (Å²) in [6.45, 7) is 2.09. The molecule has 29 heavy (non-hydrogen) atoms. The third-order valence-corrected chi connectivity index (χ3v) is 4.77. The summed E-state index contributed by atoms with van der Waals surface area (Å²) in [6, 6.07) is 18.0. The van der Waals surface area contributed by atoms with Crippen molar-refractivity contribution in [2.24, 2.45) is 0 Å². The van der Waals surface area contributed by atoms with Crippen LogP contribution in [0, 0.1) is 11.6 Å². The van der Waals surface area contributed by atoms with Crippen LogP contribution in [-0.2, 0) is 6.42 Å². The second-order valence-electron chi connectivity index (χ2n) is 6.67. The summed E-state index contributed by atoms with van der Waals surface area (Å²) in [6.07, 6.45) is 0.934. The molecule has 1 heterocycles. The molecule has 3 aromatic carbocycles. The maximum Gasteiger partial charge on any atom is 0.323 e. The average molecular weight is 391 g/mol. The molecule has 0 aliphatic heterocycles. The zero-order chi connectivity index (χ0) is 20.4. The molecule has 146 valence electrons. The van der Waals surface area contributed by atoms with Gasteiger partial charge in [-0.1, -0.05) is 49.4 Å². The van der Waals surface area contributed by atoms with Crippen LogP contribution >= 0.6 is 0 Å². The Bertz CT molecular complexity index is 1180. The monoisotopic (exact) mass is 391 g/mol. The lowest BCUT2D eigenvalue weighted by atomic mass is 10.1. The van der Waals surface area contributed by atoms with Gasteiger partial charge in [0.05, 0.1) is 17.1 Å². The first kappa shape index (κ1) is 18.7. The molecule has 2 amide bonds. The number of para-hydroxylation sites is 1. The van der Waals surface area contributed by atoms with Crippen LogP contribution < -0.4 is 10.6 Å². The number of H-pyrrole nitrogens is 1. The van der Waals surface area contributed by atoms with Crippen molar-refractivity contribution in [3.63, 3.8) is 0 Å². The van der Waals surface area contributed by atoms with Gasteiger partial charge < -0.3 is 15.6 Å². The molecular formula is C23H19F2N3O. The van der Waals surface area contributed by atoms with Gasteiger partial charge in [-0.15, -0.1) is 0 Å². The average Bonchev–Trinajstić information content (AvgIpc) is 3.08. The minimum absolute atomic E-state index is 0.0995. The first-order chi connectivity index (χ1) is 14.0. The quantitative estimate of drug-likeness (QED) is 0.375. The smallest absolute Gasteiger partial charge is 0.323 e. The van der Waals surface area contributed by atoms with E-state index in [0.29, 0.717) is 5.69 Å². The summed E-state index contributed by atoms with van der Waals surface area (Å²) in [5.41, 5.74) is 4.24. The van der Waals surface area contributed by atoms with Crippen LogP contribution in [0.1, 0.15) is 12.5 Å². The van der Waals surface area contributed by atoms with Crippen molar-refractivity contribution < 1.29 is 13.6 Å². The van der Waals surface area contributed by atoms with Gasteiger partial charge in [-0.3, -0.25) is 0 Å². The summed E-state index contributed by atoms with van der Waals surface area (Å²) in [4.78, 5) is 15.9. The number of aromatic nitrogens is 1. The lowest BCUT2D eigenvalue weighted by molar-refractivity contribution is 0.262. The maximum atomic E-state index is 13.9. The Kier molecular flexibility index (Phi) is 4.99. The van der Waals surface area contributed by atoms with Crippen LogP contribution in [0.4, 0.5) is 25.0 Å². The Morgan fingerprint density at radius 3 is 2.45 bits per heavy atom. The molecule has 4 rings (SSSR count). The number of anilines is 2. The first-order valence-electron chi connectivity index (χ1n) is 9.28. The number of amides is 2. The summed E-state index contributed by atoms with van der Waals surface area (Å²) in [5, 5.41) is 6.07. The van der Waals surface area contributed by atoms with Gasteiger partial charge in [-0.25, -0.2) is 13.6 Å². The van der Waals surface area contributed by atoms with Gasteiger partial charge in [0.1, 0.15) is 11.6 Å². The van der Waals surface area contributed by atoms with Gasteiger partial charge in [0.15, 0.2) is 0 Å². The molecule has 0 fully saturated rings. The van der Waals surface area contributed by atoms with Gasteiger partial charge in [-0.2, -0.15) is 0 Å². The van der Waals surface area contributed by atoms with Crippen molar-refractivity contribution in [3.8, 4) is 11.3 Å². The highest BCUT2D eigenvalue weighted by molar-refractivity contribution is 6.10. The number of aryl methyl sites for hydroxylation is 1. The van der Waals surface area contributed by atoms with Gasteiger partial charge in [0, 0.05) is 22.5 Å². The molecule has 0 aliphatic rings. The Balaban J connectivity index is 1.69. The molecular weight excluding hydrogens is 372 g/mol. The zero-order valence-electron chi connectivity index (χ0n) is 15.7. The molecule has 6 heteroatoms. The molecule has 3 N–H and O–H groups in total. The molecule has 0 atom stereocenters. The standard InChI is InChI=1S/C23H19F2N3O/c1-2-14-7-9-15(10-8-14)21-22(17-5-3-4-6-19(17)26-21)28-23(29)27-20-12-11-16(24)13-18(20)25/h3-13,26H,2H2,1H3,(H2,27,28,29). The highest BCUT2D eigenvalue weighted by Crippen LogP contribution is 2.35. The normalized spacial score (nSPS) is 10.9. The van der Waals surface area contributed by atoms with E-state index >= 15 is 0 Å². The number of carbonyl (C=O) groups is 1. The number of urea groups is 1. The van der Waals surface area contributed by atoms with E-state index in [1.807, 2.05) is 48.5 Å². The molecule has 4 aromatic rings. The molecule has 0 radical (unpaired) electrons. The first-order valence-corrected chi connectivity index (χ1v) is 9.28. The van der Waals surface area contributed by atoms with E-state index in [-0.39, 0.29) is 5.69 Å². The number of hydrogen-bond donors (Lipinski definition) is 3. The number of nitrogens with one attached hydrogen (secondary N) is 3. The minimum Gasteiger partial charge on any atom is -0.353 e. The Morgan fingerprint density at radius 1 is 0.966 bits per heavy atom. The van der Waals surface area contributed by atoms with Crippen molar-refractivity contribution in [1.82, 2.24) is 4.98 Å². The van der Waals surface area contributed by atoms with E-state index < -0.39 is 17.7 Å². The van der Waals surface area contributed by atoms with E-state index in [9.17, 15) is 13.6 Å². The number of halogens is 2. The lowest BCUT2D eigenvalue weighted by Gasteiger charge is -2.10. The van der Waals surface area contributed by atoms with Gasteiger partial charge in [0.25, 0.3) is 0 Å². The number of fused-ring (bicyclic) bond motifs is 1. The third kappa shape index (κ3) is 3.82. The van der Waals surface area contributed by atoms with E-state index in [0.717, 1.165) is 40.7 Å². The summed E-state index contributed by atoms with van der Waals surface area (Å²) in [5.74, 6) is -1.54. The number of rotatable bonds is 4. The molecule has 0 saturated heterocycles. The van der Waals surface area contributed by atoms with E-state index in [4.69, 9.17) is 0 Å². The van der Waals surface area contributed by atoms with Crippen LogP contribution in [-0.4, -0.2) is 11.0 Å². The molecule has 0 aliphatic carbocycles. The van der Waals surface area contributed by atoms with Crippen molar-refractivity contribution in [2.45, 2.75) is 13.3 Å². The molecule has 0 saturated carbocycles. The van der Waals surface area contributed by atoms with Crippen LogP contribution in [0.3, 0.4) is 0 Å². The molecule has 0 spiro atoms. The fourth-order valence-corrected chi connectivity index (χ4v) is 3.25. The van der Waals surface area contributed by atoms with Crippen molar-refractivity contribution in [2.75, 3.05) is 10.6 Å². The number of hydrogen-bond acceptors (Lipinski definition) is 1. The molecule has 0 bridgehead atoms. The molecule has 0 unspecified atom stereocenters. The molecule has 1 aromatic heterocycles. The minimum atomic E-state index is -0.838. The number of carbonyl (C=O) groups excluding carboxylic acids is 1. The Hall–Kier alpha value is -3.67. The van der Waals surface area contributed by atoms with Crippen LogP contribution in [0.15, 0.2) is 66.7 Å². The van der Waals surface area contributed by atoms with E-state index in [1.165, 1.54) is 11.6 Å². The topological polar surface area (TPSA) is 56.9 Å². The Labute approximate surface area is 166 Å². The van der Waals surface area contributed by atoms with Crippen LogP contribution in [0.25, 0.3) is 22.2 Å². The summed E-state index contributed by atoms with van der Waals surface area (Å²) >= 11 is 0. The number of benzene rings is 3. The van der Waals surface area contributed by atoms with E-state index in [2.05, 4.69) is 22.5 Å². The second kappa shape index (κ2) is 7.75. The lowest BCUT2D eigenvalue weighted by Crippen LogP contribution is -2.20. The van der Waals surface area contributed by atoms with Crippen molar-refractivity contribution in [1.29, 1.82) is 0 Å². The van der Waals surface area contributed by atoms with Gasteiger partial charge in [0.2, 0.25) is 0 Å². The second-order valence-corrected chi connectivity index (χ2v) is 6.67. The van der Waals surface area contributed by atoms with Crippen LogP contribution in [0.5, 0.6) is 0 Å².